The molecule has 6 heteroatoms. The molecule has 1 saturated carbocycles. The van der Waals surface area contributed by atoms with E-state index in [1.165, 1.54) is 25.0 Å². The zero-order valence-electron chi connectivity index (χ0n) is 12.2. The average molecular weight is 303 g/mol. The van der Waals surface area contributed by atoms with E-state index in [-0.39, 0.29) is 18.3 Å². The van der Waals surface area contributed by atoms with E-state index in [2.05, 4.69) is 14.9 Å². The van der Waals surface area contributed by atoms with Crippen LogP contribution in [0.3, 0.4) is 0 Å². The Morgan fingerprint density at radius 1 is 1.41 bits per heavy atom. The van der Waals surface area contributed by atoms with Crippen molar-refractivity contribution in [1.29, 1.82) is 0 Å². The molecular formula is C16H18FN3O2. The molecule has 1 aliphatic carbocycles. The van der Waals surface area contributed by atoms with Crippen LogP contribution in [0.5, 0.6) is 5.75 Å². The van der Waals surface area contributed by atoms with Gasteiger partial charge in [-0.3, -0.25) is 4.79 Å². The van der Waals surface area contributed by atoms with Gasteiger partial charge in [0.25, 0.3) is 5.91 Å². The minimum atomic E-state index is -0.470. The number of rotatable bonds is 7. The first-order valence-electron chi connectivity index (χ1n) is 7.39. The molecule has 1 aromatic heterocycles. The van der Waals surface area contributed by atoms with Crippen LogP contribution in [0.15, 0.2) is 36.7 Å². The lowest BCUT2D eigenvalue weighted by atomic mass is 10.3. The van der Waals surface area contributed by atoms with Gasteiger partial charge < -0.3 is 14.6 Å². The Hall–Kier alpha value is -2.37. The molecule has 1 heterocycles. The van der Waals surface area contributed by atoms with E-state index in [4.69, 9.17) is 4.74 Å². The van der Waals surface area contributed by atoms with Crippen molar-refractivity contribution in [3.8, 4) is 5.75 Å². The largest absolute Gasteiger partial charge is 0.481 e. The van der Waals surface area contributed by atoms with E-state index in [0.29, 0.717) is 19.0 Å². The lowest BCUT2D eigenvalue weighted by molar-refractivity contribution is -0.123. The number of aromatic nitrogens is 2. The Labute approximate surface area is 128 Å². The van der Waals surface area contributed by atoms with Crippen LogP contribution in [-0.2, 0) is 11.3 Å². The number of carbonyl (C=O) groups excluding carboxylic acids is 1. The van der Waals surface area contributed by atoms with Gasteiger partial charge in [0.15, 0.2) is 18.2 Å². The highest BCUT2D eigenvalue weighted by Crippen LogP contribution is 2.38. The number of imidazole rings is 1. The Morgan fingerprint density at radius 3 is 3.00 bits per heavy atom. The molecule has 22 heavy (non-hydrogen) atoms. The standard InChI is InChI=1S/C16H18FN3O2/c17-13-3-1-2-4-14(13)22-11-15(21)18-7-9-20-10-8-19-16(20)12-5-6-12/h1-4,8,10,12H,5-7,9,11H2,(H,18,21). The summed E-state index contributed by atoms with van der Waals surface area (Å²) in [4.78, 5) is 16.0. The minimum Gasteiger partial charge on any atom is -0.481 e. The number of hydrogen-bond donors (Lipinski definition) is 1. The Morgan fingerprint density at radius 2 is 2.23 bits per heavy atom. The number of amides is 1. The van der Waals surface area contributed by atoms with Crippen LogP contribution in [0.25, 0.3) is 0 Å². The van der Waals surface area contributed by atoms with Gasteiger partial charge in [0.2, 0.25) is 0 Å². The van der Waals surface area contributed by atoms with Crippen LogP contribution < -0.4 is 10.1 Å². The molecule has 0 spiro atoms. The lowest BCUT2D eigenvalue weighted by Crippen LogP contribution is -2.31. The Balaban J connectivity index is 1.41. The van der Waals surface area contributed by atoms with Crippen molar-refractivity contribution >= 4 is 5.91 Å². The number of nitrogens with zero attached hydrogens (tertiary/aromatic N) is 2. The molecule has 1 aromatic carbocycles. The maximum atomic E-state index is 13.3. The van der Waals surface area contributed by atoms with E-state index in [9.17, 15) is 9.18 Å². The molecule has 0 unspecified atom stereocenters. The molecule has 5 nitrogen and oxygen atoms in total. The third-order valence-electron chi connectivity index (χ3n) is 3.56. The average Bonchev–Trinajstić information content (AvgIpc) is 3.26. The Bertz CT molecular complexity index is 652. The van der Waals surface area contributed by atoms with E-state index >= 15 is 0 Å². The van der Waals surface area contributed by atoms with Crippen LogP contribution in [0.1, 0.15) is 24.6 Å². The molecule has 0 radical (unpaired) electrons. The van der Waals surface area contributed by atoms with E-state index in [1.807, 2.05) is 6.20 Å². The fourth-order valence-electron chi connectivity index (χ4n) is 2.28. The second-order valence-corrected chi connectivity index (χ2v) is 5.32. The summed E-state index contributed by atoms with van der Waals surface area (Å²) in [5.41, 5.74) is 0. The van der Waals surface area contributed by atoms with Crippen LogP contribution in [0.2, 0.25) is 0 Å². The summed E-state index contributed by atoms with van der Waals surface area (Å²) in [7, 11) is 0. The van der Waals surface area contributed by atoms with Gasteiger partial charge in [-0.25, -0.2) is 9.37 Å². The fraction of sp³-hybridized carbons (Fsp3) is 0.375. The summed E-state index contributed by atoms with van der Waals surface area (Å²) < 4.78 is 20.6. The number of hydrogen-bond acceptors (Lipinski definition) is 3. The van der Waals surface area contributed by atoms with Gasteiger partial charge in [-0.1, -0.05) is 12.1 Å². The maximum absolute atomic E-state index is 13.3. The summed E-state index contributed by atoms with van der Waals surface area (Å²) in [6, 6.07) is 6.03. The summed E-state index contributed by atoms with van der Waals surface area (Å²) in [5, 5.41) is 2.76. The summed E-state index contributed by atoms with van der Waals surface area (Å²) >= 11 is 0. The molecular weight excluding hydrogens is 285 g/mol. The SMILES string of the molecule is O=C(COc1ccccc1F)NCCn1ccnc1C1CC1. The van der Waals surface area contributed by atoms with E-state index < -0.39 is 5.82 Å². The summed E-state index contributed by atoms with van der Waals surface area (Å²) in [6.07, 6.45) is 6.10. The number of ether oxygens (including phenoxy) is 1. The molecule has 0 bridgehead atoms. The fourth-order valence-corrected chi connectivity index (χ4v) is 2.28. The maximum Gasteiger partial charge on any atom is 0.258 e. The van der Waals surface area contributed by atoms with E-state index in [1.54, 1.807) is 18.3 Å². The van der Waals surface area contributed by atoms with Crippen LogP contribution in [0, 0.1) is 5.82 Å². The zero-order valence-corrected chi connectivity index (χ0v) is 12.2. The molecule has 3 rings (SSSR count). The van der Waals surface area contributed by atoms with Crippen LogP contribution in [-0.4, -0.2) is 28.6 Å². The topological polar surface area (TPSA) is 56.1 Å². The van der Waals surface area contributed by atoms with Crippen molar-refractivity contribution in [2.75, 3.05) is 13.2 Å². The van der Waals surface area contributed by atoms with Gasteiger partial charge in [0.1, 0.15) is 5.82 Å². The van der Waals surface area contributed by atoms with Crippen molar-refractivity contribution in [2.45, 2.75) is 25.3 Å². The molecule has 1 N–H and O–H groups in total. The smallest absolute Gasteiger partial charge is 0.258 e. The molecule has 2 aromatic rings. The van der Waals surface area contributed by atoms with Crippen molar-refractivity contribution < 1.29 is 13.9 Å². The molecule has 0 aliphatic heterocycles. The van der Waals surface area contributed by atoms with Crippen molar-refractivity contribution in [3.63, 3.8) is 0 Å². The number of halogens is 1. The number of benzene rings is 1. The van der Waals surface area contributed by atoms with Crippen LogP contribution >= 0.6 is 0 Å². The lowest BCUT2D eigenvalue weighted by Gasteiger charge is -2.10. The van der Waals surface area contributed by atoms with E-state index in [0.717, 1.165) is 5.82 Å². The van der Waals surface area contributed by atoms with Gasteiger partial charge in [0.05, 0.1) is 0 Å². The highest BCUT2D eigenvalue weighted by Gasteiger charge is 2.27. The second kappa shape index (κ2) is 6.60. The van der Waals surface area contributed by atoms with Crippen molar-refractivity contribution in [3.05, 3.63) is 48.3 Å². The highest BCUT2D eigenvalue weighted by molar-refractivity contribution is 5.77. The molecule has 1 amide bonds. The monoisotopic (exact) mass is 303 g/mol. The molecule has 116 valence electrons. The molecule has 0 atom stereocenters. The van der Waals surface area contributed by atoms with Crippen molar-refractivity contribution in [2.24, 2.45) is 0 Å². The quantitative estimate of drug-likeness (QED) is 0.852. The van der Waals surface area contributed by atoms with Gasteiger partial charge in [-0.2, -0.15) is 0 Å². The predicted octanol–water partition coefficient (Wildman–Crippen LogP) is 2.09. The number of carbonyl (C=O) groups is 1. The molecule has 0 saturated heterocycles. The van der Waals surface area contributed by atoms with Crippen LogP contribution in [0.4, 0.5) is 4.39 Å². The second-order valence-electron chi connectivity index (χ2n) is 5.32. The predicted molar refractivity (Wildman–Crippen MR) is 79.1 cm³/mol. The zero-order chi connectivity index (χ0) is 15.4. The van der Waals surface area contributed by atoms with Gasteiger partial charge in [-0.05, 0) is 25.0 Å². The first kappa shape index (κ1) is 14.6. The minimum absolute atomic E-state index is 0.0864. The summed E-state index contributed by atoms with van der Waals surface area (Å²) in [5.74, 6) is 1.02. The third kappa shape index (κ3) is 3.63. The van der Waals surface area contributed by atoms with Gasteiger partial charge in [0, 0.05) is 31.4 Å². The number of para-hydroxylation sites is 1. The van der Waals surface area contributed by atoms with Gasteiger partial charge in [-0.15, -0.1) is 0 Å². The normalized spacial score (nSPS) is 13.9. The highest BCUT2D eigenvalue weighted by atomic mass is 19.1. The first-order valence-corrected chi connectivity index (χ1v) is 7.39. The third-order valence-corrected chi connectivity index (χ3v) is 3.56. The number of nitrogens with one attached hydrogen (secondary N) is 1. The van der Waals surface area contributed by atoms with Crippen molar-refractivity contribution in [1.82, 2.24) is 14.9 Å². The van der Waals surface area contributed by atoms with Gasteiger partial charge >= 0.3 is 0 Å². The molecule has 1 aliphatic rings. The first-order chi connectivity index (χ1) is 10.7. The summed E-state index contributed by atoms with van der Waals surface area (Å²) in [6.45, 7) is 0.979. The Kier molecular flexibility index (Phi) is 4.37. The molecule has 1 fully saturated rings.